The molecule has 0 N–H and O–H groups in total. The van der Waals surface area contributed by atoms with Crippen LogP contribution < -0.4 is 0 Å². The van der Waals surface area contributed by atoms with E-state index in [2.05, 4.69) is 32.9 Å². The van der Waals surface area contributed by atoms with Crippen LogP contribution in [0.25, 0.3) is 10.8 Å². The molecule has 1 heteroatoms. The van der Waals surface area contributed by atoms with E-state index in [9.17, 15) is 4.79 Å². The van der Waals surface area contributed by atoms with Crippen molar-refractivity contribution in [3.05, 3.63) is 48.0 Å². The molecule has 2 rings (SSSR count). The summed E-state index contributed by atoms with van der Waals surface area (Å²) >= 11 is 0. The summed E-state index contributed by atoms with van der Waals surface area (Å²) in [5.41, 5.74) is 1.15. The highest BCUT2D eigenvalue weighted by molar-refractivity contribution is 5.99. The van der Waals surface area contributed by atoms with E-state index in [0.29, 0.717) is 11.8 Å². The summed E-state index contributed by atoms with van der Waals surface area (Å²) in [6.45, 7) is 6.65. The molecule has 0 bridgehead atoms. The molecule has 0 radical (unpaired) electrons. The molecule has 0 saturated carbocycles. The minimum atomic E-state index is 0.259. The maximum atomic E-state index is 12.2. The normalized spacial score (nSPS) is 11.7. The van der Waals surface area contributed by atoms with Gasteiger partial charge in [0.25, 0.3) is 0 Å². The van der Waals surface area contributed by atoms with Crippen LogP contribution in [0.4, 0.5) is 0 Å². The van der Waals surface area contributed by atoms with Gasteiger partial charge in [0.2, 0.25) is 0 Å². The molecule has 0 amide bonds. The molecule has 0 heterocycles. The minimum absolute atomic E-state index is 0.259. The van der Waals surface area contributed by atoms with Gasteiger partial charge in [0.05, 0.1) is 0 Å². The summed E-state index contributed by atoms with van der Waals surface area (Å²) in [5, 5.41) is 2.33. The molecule has 0 fully saturated rings. The maximum Gasteiger partial charge on any atom is 0.162 e. The van der Waals surface area contributed by atoms with Gasteiger partial charge in [-0.25, -0.2) is 0 Å². The summed E-state index contributed by atoms with van der Waals surface area (Å²) in [4.78, 5) is 12.2. The number of fused-ring (bicyclic) bond motifs is 1. The van der Waals surface area contributed by atoms with Crippen LogP contribution in [-0.2, 0) is 0 Å². The zero-order chi connectivity index (χ0) is 13.9. The summed E-state index contributed by atoms with van der Waals surface area (Å²) < 4.78 is 0. The van der Waals surface area contributed by atoms with Crippen molar-refractivity contribution in [2.24, 2.45) is 5.41 Å². The van der Waals surface area contributed by atoms with Gasteiger partial charge < -0.3 is 0 Å². The number of carbonyl (C=O) groups excluding carboxylic acids is 1. The third kappa shape index (κ3) is 3.92. The lowest BCUT2D eigenvalue weighted by atomic mass is 9.89. The quantitative estimate of drug-likeness (QED) is 0.682. The van der Waals surface area contributed by atoms with Crippen LogP contribution in [0.2, 0.25) is 0 Å². The van der Waals surface area contributed by atoms with Crippen molar-refractivity contribution in [2.75, 3.05) is 0 Å². The lowest BCUT2D eigenvalue weighted by molar-refractivity contribution is 0.0976. The van der Waals surface area contributed by atoms with Gasteiger partial charge in [0.15, 0.2) is 5.78 Å². The van der Waals surface area contributed by atoms with Gasteiger partial charge in [-0.15, -0.1) is 0 Å². The number of Topliss-reactive ketones (excluding diaryl/α,β-unsaturated/α-hetero) is 1. The van der Waals surface area contributed by atoms with E-state index < -0.39 is 0 Å². The van der Waals surface area contributed by atoms with Crippen molar-refractivity contribution in [3.63, 3.8) is 0 Å². The van der Waals surface area contributed by atoms with Crippen molar-refractivity contribution in [1.82, 2.24) is 0 Å². The molecule has 2 aromatic carbocycles. The Morgan fingerprint density at radius 3 is 2.37 bits per heavy atom. The topological polar surface area (TPSA) is 17.1 Å². The fourth-order valence-corrected chi connectivity index (χ4v) is 2.29. The zero-order valence-corrected chi connectivity index (χ0v) is 12.1. The van der Waals surface area contributed by atoms with Crippen molar-refractivity contribution in [3.8, 4) is 0 Å². The van der Waals surface area contributed by atoms with Crippen LogP contribution in [0.1, 0.15) is 50.4 Å². The van der Waals surface area contributed by atoms with Gasteiger partial charge in [0.1, 0.15) is 0 Å². The van der Waals surface area contributed by atoms with E-state index in [4.69, 9.17) is 0 Å². The van der Waals surface area contributed by atoms with Crippen molar-refractivity contribution < 1.29 is 4.79 Å². The van der Waals surface area contributed by atoms with Crippen molar-refractivity contribution >= 4 is 16.6 Å². The van der Waals surface area contributed by atoms with Crippen LogP contribution in [0, 0.1) is 5.41 Å². The van der Waals surface area contributed by atoms with E-state index in [1.807, 2.05) is 30.3 Å². The van der Waals surface area contributed by atoms with E-state index in [1.54, 1.807) is 0 Å². The first-order chi connectivity index (χ1) is 8.96. The average Bonchev–Trinajstić information content (AvgIpc) is 2.36. The van der Waals surface area contributed by atoms with Gasteiger partial charge in [-0.05, 0) is 35.1 Å². The molecule has 1 nitrogen and oxygen atoms in total. The van der Waals surface area contributed by atoms with E-state index in [-0.39, 0.29) is 5.78 Å². The van der Waals surface area contributed by atoms with Crippen LogP contribution in [0.3, 0.4) is 0 Å². The van der Waals surface area contributed by atoms with Gasteiger partial charge >= 0.3 is 0 Å². The van der Waals surface area contributed by atoms with Gasteiger partial charge in [-0.1, -0.05) is 57.2 Å². The predicted octanol–water partition coefficient (Wildman–Crippen LogP) is 5.24. The van der Waals surface area contributed by atoms with E-state index in [1.165, 1.54) is 5.39 Å². The summed E-state index contributed by atoms with van der Waals surface area (Å²) in [6.07, 6.45) is 2.71. The fourth-order valence-electron chi connectivity index (χ4n) is 2.29. The Bertz CT molecular complexity index is 576. The summed E-state index contributed by atoms with van der Waals surface area (Å²) in [6, 6.07) is 14.1. The molecule has 0 aliphatic carbocycles. The number of rotatable bonds is 4. The number of ketones is 1. The van der Waals surface area contributed by atoms with Crippen molar-refractivity contribution in [2.45, 2.75) is 40.0 Å². The Labute approximate surface area is 115 Å². The lowest BCUT2D eigenvalue weighted by Crippen LogP contribution is -2.06. The second-order valence-electron chi connectivity index (χ2n) is 6.40. The van der Waals surface area contributed by atoms with Gasteiger partial charge in [0, 0.05) is 12.0 Å². The highest BCUT2D eigenvalue weighted by Crippen LogP contribution is 2.23. The van der Waals surface area contributed by atoms with Gasteiger partial charge in [-0.2, -0.15) is 0 Å². The highest BCUT2D eigenvalue weighted by atomic mass is 16.1. The SMILES string of the molecule is CC(C)(C)CCCC(=O)c1ccc2ccccc2c1. The Morgan fingerprint density at radius 2 is 1.68 bits per heavy atom. The first-order valence-corrected chi connectivity index (χ1v) is 6.98. The molecule has 0 aliphatic rings. The molecule has 0 aliphatic heterocycles. The molecular formula is C18H22O. The molecule has 0 saturated heterocycles. The van der Waals surface area contributed by atoms with E-state index in [0.717, 1.165) is 23.8 Å². The molecule has 0 aromatic heterocycles. The largest absolute Gasteiger partial charge is 0.294 e. The fraction of sp³-hybridized carbons (Fsp3) is 0.389. The summed E-state index contributed by atoms with van der Waals surface area (Å²) in [7, 11) is 0. The number of benzene rings is 2. The third-order valence-electron chi connectivity index (χ3n) is 3.40. The standard InChI is InChI=1S/C18H22O/c1-18(2,3)12-6-9-17(19)16-11-10-14-7-4-5-8-15(14)13-16/h4-5,7-8,10-11,13H,6,9,12H2,1-3H3. The predicted molar refractivity (Wildman–Crippen MR) is 81.6 cm³/mol. The van der Waals surface area contributed by atoms with Crippen LogP contribution >= 0.6 is 0 Å². The maximum absolute atomic E-state index is 12.2. The minimum Gasteiger partial charge on any atom is -0.294 e. The van der Waals surface area contributed by atoms with Crippen molar-refractivity contribution in [1.29, 1.82) is 0 Å². The third-order valence-corrected chi connectivity index (χ3v) is 3.40. The highest BCUT2D eigenvalue weighted by Gasteiger charge is 2.12. The molecule has 19 heavy (non-hydrogen) atoms. The van der Waals surface area contributed by atoms with Crippen LogP contribution in [-0.4, -0.2) is 5.78 Å². The van der Waals surface area contributed by atoms with E-state index >= 15 is 0 Å². The van der Waals surface area contributed by atoms with Crippen LogP contribution in [0.5, 0.6) is 0 Å². The molecular weight excluding hydrogens is 232 g/mol. The zero-order valence-electron chi connectivity index (χ0n) is 12.1. The van der Waals surface area contributed by atoms with Gasteiger partial charge in [-0.3, -0.25) is 4.79 Å². The lowest BCUT2D eigenvalue weighted by Gasteiger charge is -2.17. The Balaban J connectivity index is 2.05. The number of hydrogen-bond donors (Lipinski definition) is 0. The average molecular weight is 254 g/mol. The van der Waals surface area contributed by atoms with Crippen LogP contribution in [0.15, 0.2) is 42.5 Å². The number of carbonyl (C=O) groups is 1. The Morgan fingerprint density at radius 1 is 1.00 bits per heavy atom. The first kappa shape index (κ1) is 13.8. The smallest absolute Gasteiger partial charge is 0.162 e. The molecule has 0 unspecified atom stereocenters. The first-order valence-electron chi connectivity index (χ1n) is 6.98. The molecule has 2 aromatic rings. The Hall–Kier alpha value is -1.63. The monoisotopic (exact) mass is 254 g/mol. The Kier molecular flexibility index (Phi) is 4.04. The molecule has 0 spiro atoms. The number of hydrogen-bond acceptors (Lipinski definition) is 1. The summed E-state index contributed by atoms with van der Waals surface area (Å²) in [5.74, 6) is 0.259. The second kappa shape index (κ2) is 5.56. The molecule has 100 valence electrons. The molecule has 0 atom stereocenters. The second-order valence-corrected chi connectivity index (χ2v) is 6.40.